The van der Waals surface area contributed by atoms with E-state index in [1.54, 1.807) is 12.1 Å². The van der Waals surface area contributed by atoms with E-state index in [9.17, 15) is 10.2 Å². The minimum atomic E-state index is 0.280. The molecule has 2 nitrogen and oxygen atoms in total. The van der Waals surface area contributed by atoms with Crippen LogP contribution in [0.25, 0.3) is 53.9 Å². The third-order valence-electron chi connectivity index (χ3n) is 5.76. The number of phenols is 2. The molecule has 0 aliphatic rings. The fourth-order valence-electron chi connectivity index (χ4n) is 4.58. The normalized spacial score (nSPS) is 11.9. The van der Waals surface area contributed by atoms with Gasteiger partial charge in [0.15, 0.2) is 0 Å². The highest BCUT2D eigenvalue weighted by Crippen LogP contribution is 2.42. The van der Waals surface area contributed by atoms with Crippen molar-refractivity contribution in [3.8, 4) is 11.5 Å². The number of hydrogen-bond donors (Lipinski definition) is 2. The third kappa shape index (κ3) is 1.97. The van der Waals surface area contributed by atoms with E-state index >= 15 is 0 Å². The molecular formula is C26H16O2. The van der Waals surface area contributed by atoms with Crippen LogP contribution in [-0.4, -0.2) is 10.2 Å². The molecule has 0 unspecified atom stereocenters. The molecule has 0 atom stereocenters. The number of aromatic hydroxyl groups is 2. The van der Waals surface area contributed by atoms with Crippen LogP contribution in [0.15, 0.2) is 84.9 Å². The predicted molar refractivity (Wildman–Crippen MR) is 117 cm³/mol. The lowest BCUT2D eigenvalue weighted by Crippen LogP contribution is -1.86. The van der Waals surface area contributed by atoms with E-state index in [0.717, 1.165) is 21.5 Å². The first-order valence-electron chi connectivity index (χ1n) is 9.32. The van der Waals surface area contributed by atoms with E-state index in [4.69, 9.17) is 0 Å². The van der Waals surface area contributed by atoms with Crippen LogP contribution in [0.4, 0.5) is 0 Å². The fraction of sp³-hybridized carbons (Fsp3) is 0. The molecule has 0 spiro atoms. The predicted octanol–water partition coefficient (Wildman–Crippen LogP) is 6.86. The zero-order valence-electron chi connectivity index (χ0n) is 15.0. The van der Waals surface area contributed by atoms with Crippen LogP contribution in [0.5, 0.6) is 11.5 Å². The maximum atomic E-state index is 9.91. The molecule has 0 radical (unpaired) electrons. The second-order valence-corrected chi connectivity index (χ2v) is 7.33. The highest BCUT2D eigenvalue weighted by Gasteiger charge is 2.13. The highest BCUT2D eigenvalue weighted by atomic mass is 16.3. The Morgan fingerprint density at radius 3 is 1.25 bits per heavy atom. The summed E-state index contributed by atoms with van der Waals surface area (Å²) < 4.78 is 0. The second-order valence-electron chi connectivity index (χ2n) is 7.33. The molecule has 0 saturated carbocycles. The van der Waals surface area contributed by atoms with Gasteiger partial charge in [0.2, 0.25) is 0 Å². The molecule has 0 aromatic heterocycles. The van der Waals surface area contributed by atoms with E-state index in [-0.39, 0.29) is 11.5 Å². The molecule has 6 aromatic carbocycles. The molecule has 0 fully saturated rings. The molecule has 2 heteroatoms. The Morgan fingerprint density at radius 1 is 0.393 bits per heavy atom. The Hall–Kier alpha value is -3.78. The largest absolute Gasteiger partial charge is 0.508 e. The fourth-order valence-corrected chi connectivity index (χ4v) is 4.58. The Morgan fingerprint density at radius 2 is 0.786 bits per heavy atom. The van der Waals surface area contributed by atoms with Gasteiger partial charge in [0, 0.05) is 0 Å². The van der Waals surface area contributed by atoms with Crippen molar-refractivity contribution in [2.75, 3.05) is 0 Å². The molecule has 0 heterocycles. The third-order valence-corrected chi connectivity index (χ3v) is 5.76. The van der Waals surface area contributed by atoms with Crippen molar-refractivity contribution in [3.63, 3.8) is 0 Å². The van der Waals surface area contributed by atoms with E-state index in [2.05, 4.69) is 48.5 Å². The van der Waals surface area contributed by atoms with Crippen LogP contribution in [0.2, 0.25) is 0 Å². The minimum Gasteiger partial charge on any atom is -0.508 e. The van der Waals surface area contributed by atoms with Gasteiger partial charge in [-0.25, -0.2) is 0 Å². The zero-order valence-corrected chi connectivity index (χ0v) is 15.0. The second kappa shape index (κ2) is 5.37. The van der Waals surface area contributed by atoms with Gasteiger partial charge in [-0.05, 0) is 78.1 Å². The summed E-state index contributed by atoms with van der Waals surface area (Å²) in [5.41, 5.74) is 0. The van der Waals surface area contributed by atoms with Crippen molar-refractivity contribution >= 4 is 53.9 Å². The molecule has 28 heavy (non-hydrogen) atoms. The van der Waals surface area contributed by atoms with Gasteiger partial charge in [-0.15, -0.1) is 0 Å². The van der Waals surface area contributed by atoms with Crippen LogP contribution in [0.3, 0.4) is 0 Å². The summed E-state index contributed by atoms with van der Waals surface area (Å²) in [6.45, 7) is 0. The van der Waals surface area contributed by atoms with Crippen molar-refractivity contribution in [1.82, 2.24) is 0 Å². The number of hydrogen-bond acceptors (Lipinski definition) is 2. The molecule has 6 rings (SSSR count). The lowest BCUT2D eigenvalue weighted by atomic mass is 9.89. The maximum Gasteiger partial charge on any atom is 0.116 e. The zero-order chi connectivity index (χ0) is 18.8. The first-order valence-corrected chi connectivity index (χ1v) is 9.32. The molecule has 2 N–H and O–H groups in total. The van der Waals surface area contributed by atoms with Crippen LogP contribution in [-0.2, 0) is 0 Å². The van der Waals surface area contributed by atoms with Gasteiger partial charge in [-0.2, -0.15) is 0 Å². The lowest BCUT2D eigenvalue weighted by molar-refractivity contribution is 0.475. The summed E-state index contributed by atoms with van der Waals surface area (Å²) >= 11 is 0. The standard InChI is InChI=1S/C26H16O2/c27-17-7-11-19-15(13-17)5-9-23-24-10-6-16-14-18(28)8-12-20(16)26(24)22-4-2-1-3-21(22)25(19)23/h1-14,27-28H. The van der Waals surface area contributed by atoms with Gasteiger partial charge >= 0.3 is 0 Å². The van der Waals surface area contributed by atoms with Gasteiger partial charge in [-0.3, -0.25) is 0 Å². The molecule has 132 valence electrons. The SMILES string of the molecule is Oc1ccc2c(ccc3c4ccc5cc(O)ccc5c4c4ccccc4c23)c1. The topological polar surface area (TPSA) is 40.5 Å². The summed E-state index contributed by atoms with van der Waals surface area (Å²) in [6, 6.07) is 28.1. The summed E-state index contributed by atoms with van der Waals surface area (Å²) in [5.74, 6) is 0.561. The van der Waals surface area contributed by atoms with Crippen molar-refractivity contribution in [2.45, 2.75) is 0 Å². The number of benzene rings is 6. The maximum absolute atomic E-state index is 9.91. The van der Waals surface area contributed by atoms with Crippen LogP contribution in [0.1, 0.15) is 0 Å². The molecular weight excluding hydrogens is 344 g/mol. The number of phenolic OH excluding ortho intramolecular Hbond substituents is 2. The number of fused-ring (bicyclic) bond motifs is 10. The van der Waals surface area contributed by atoms with E-state index in [1.165, 1.54) is 32.3 Å². The minimum absolute atomic E-state index is 0.280. The summed E-state index contributed by atoms with van der Waals surface area (Å²) in [6.07, 6.45) is 0. The summed E-state index contributed by atoms with van der Waals surface area (Å²) in [4.78, 5) is 0. The van der Waals surface area contributed by atoms with Gasteiger partial charge < -0.3 is 10.2 Å². The summed E-state index contributed by atoms with van der Waals surface area (Å²) in [7, 11) is 0. The highest BCUT2D eigenvalue weighted by molar-refractivity contribution is 6.35. The van der Waals surface area contributed by atoms with E-state index < -0.39 is 0 Å². The molecule has 0 saturated heterocycles. The van der Waals surface area contributed by atoms with Crippen LogP contribution >= 0.6 is 0 Å². The van der Waals surface area contributed by atoms with E-state index in [1.807, 2.05) is 24.3 Å². The van der Waals surface area contributed by atoms with Crippen molar-refractivity contribution in [1.29, 1.82) is 0 Å². The molecule has 0 aliphatic carbocycles. The Labute approximate surface area is 160 Å². The molecule has 6 aromatic rings. The molecule has 0 bridgehead atoms. The van der Waals surface area contributed by atoms with Gasteiger partial charge in [0.1, 0.15) is 11.5 Å². The first-order chi connectivity index (χ1) is 13.7. The van der Waals surface area contributed by atoms with Gasteiger partial charge in [0.05, 0.1) is 0 Å². The van der Waals surface area contributed by atoms with Gasteiger partial charge in [0.25, 0.3) is 0 Å². The molecule has 0 amide bonds. The first kappa shape index (κ1) is 15.3. The quantitative estimate of drug-likeness (QED) is 0.290. The van der Waals surface area contributed by atoms with Crippen molar-refractivity contribution in [3.05, 3.63) is 84.9 Å². The average molecular weight is 360 g/mol. The Kier molecular flexibility index (Phi) is 2.93. The Balaban J connectivity index is 1.97. The van der Waals surface area contributed by atoms with E-state index in [0.29, 0.717) is 0 Å². The van der Waals surface area contributed by atoms with Crippen molar-refractivity contribution < 1.29 is 10.2 Å². The number of rotatable bonds is 0. The lowest BCUT2D eigenvalue weighted by Gasteiger charge is -2.15. The smallest absolute Gasteiger partial charge is 0.116 e. The Bertz CT molecular complexity index is 1440. The molecule has 0 aliphatic heterocycles. The average Bonchev–Trinajstić information content (AvgIpc) is 2.72. The monoisotopic (exact) mass is 360 g/mol. The van der Waals surface area contributed by atoms with Crippen molar-refractivity contribution in [2.24, 2.45) is 0 Å². The summed E-state index contributed by atoms with van der Waals surface area (Å²) in [5, 5.41) is 31.4. The van der Waals surface area contributed by atoms with Crippen LogP contribution < -0.4 is 0 Å². The van der Waals surface area contributed by atoms with Crippen LogP contribution in [0, 0.1) is 0 Å². The van der Waals surface area contributed by atoms with Gasteiger partial charge in [-0.1, -0.05) is 60.7 Å².